The van der Waals surface area contributed by atoms with E-state index in [2.05, 4.69) is 37.0 Å². The van der Waals surface area contributed by atoms with E-state index in [0.29, 0.717) is 18.2 Å². The highest BCUT2D eigenvalue weighted by Crippen LogP contribution is 2.28. The zero-order valence-corrected chi connectivity index (χ0v) is 12.5. The third kappa shape index (κ3) is 3.02. The Morgan fingerprint density at radius 1 is 1.15 bits per heavy atom. The highest BCUT2D eigenvalue weighted by molar-refractivity contribution is 5.64. The molecule has 4 nitrogen and oxygen atoms in total. The summed E-state index contributed by atoms with van der Waals surface area (Å²) in [4.78, 5) is 6.51. The number of nitrogens with zero attached hydrogens (tertiary/aromatic N) is 2. The zero-order chi connectivity index (χ0) is 14.7. The Kier molecular flexibility index (Phi) is 4.13. The molecule has 0 bridgehead atoms. The van der Waals surface area contributed by atoms with Crippen LogP contribution in [0.3, 0.4) is 0 Å². The summed E-state index contributed by atoms with van der Waals surface area (Å²) in [7, 11) is 1.99. The van der Waals surface area contributed by atoms with Gasteiger partial charge in [-0.25, -0.2) is 0 Å². The molecule has 0 amide bonds. The fourth-order valence-electron chi connectivity index (χ4n) is 2.16. The first-order valence-corrected chi connectivity index (χ1v) is 6.72. The van der Waals surface area contributed by atoms with Crippen molar-refractivity contribution in [3.8, 4) is 5.88 Å². The van der Waals surface area contributed by atoms with Crippen molar-refractivity contribution in [2.45, 2.75) is 20.8 Å². The average Bonchev–Trinajstić information content (AvgIpc) is 2.39. The van der Waals surface area contributed by atoms with Crippen LogP contribution in [0.5, 0.6) is 5.88 Å². The van der Waals surface area contributed by atoms with Crippen LogP contribution in [0.25, 0.3) is 0 Å². The lowest BCUT2D eigenvalue weighted by Crippen LogP contribution is -2.12. The van der Waals surface area contributed by atoms with Gasteiger partial charge in [0.15, 0.2) is 0 Å². The lowest BCUT2D eigenvalue weighted by molar-refractivity contribution is 0.329. The van der Waals surface area contributed by atoms with Gasteiger partial charge in [0.1, 0.15) is 5.82 Å². The van der Waals surface area contributed by atoms with E-state index < -0.39 is 0 Å². The van der Waals surface area contributed by atoms with E-state index in [-0.39, 0.29) is 0 Å². The number of hydrogen-bond donors (Lipinski definition) is 1. The van der Waals surface area contributed by atoms with E-state index in [1.54, 1.807) is 0 Å². The molecule has 0 radical (unpaired) electrons. The quantitative estimate of drug-likeness (QED) is 0.925. The summed E-state index contributed by atoms with van der Waals surface area (Å²) in [6.07, 6.45) is 0. The number of ether oxygens (including phenoxy) is 1. The maximum Gasteiger partial charge on any atom is 0.239 e. The summed E-state index contributed by atoms with van der Waals surface area (Å²) in [5, 5.41) is 0. The van der Waals surface area contributed by atoms with Crippen molar-refractivity contribution in [3.63, 3.8) is 0 Å². The van der Waals surface area contributed by atoms with E-state index in [4.69, 9.17) is 10.5 Å². The van der Waals surface area contributed by atoms with Gasteiger partial charge in [0.25, 0.3) is 0 Å². The highest BCUT2D eigenvalue weighted by atomic mass is 16.5. The van der Waals surface area contributed by atoms with Gasteiger partial charge in [-0.15, -0.1) is 0 Å². The number of pyridine rings is 1. The molecule has 0 aliphatic rings. The standard InChI is InChI=1S/C16H21N3O/c1-5-20-16-14(17)6-7-15(18-16)19(4)13-9-11(2)8-12(3)10-13/h6-10H,5,17H2,1-4H3. The van der Waals surface area contributed by atoms with E-state index in [1.807, 2.05) is 31.0 Å². The molecule has 0 saturated carbocycles. The molecule has 1 aromatic heterocycles. The Morgan fingerprint density at radius 2 is 1.80 bits per heavy atom. The van der Waals surface area contributed by atoms with Gasteiger partial charge >= 0.3 is 0 Å². The minimum absolute atomic E-state index is 0.487. The maximum atomic E-state index is 5.86. The minimum Gasteiger partial charge on any atom is -0.476 e. The fourth-order valence-corrected chi connectivity index (χ4v) is 2.16. The van der Waals surface area contributed by atoms with Crippen molar-refractivity contribution in [1.82, 2.24) is 4.98 Å². The number of anilines is 3. The van der Waals surface area contributed by atoms with Crippen LogP contribution in [-0.4, -0.2) is 18.6 Å². The smallest absolute Gasteiger partial charge is 0.239 e. The predicted octanol–water partition coefficient (Wildman–Crippen LogP) is 3.45. The number of nitrogen functional groups attached to an aromatic ring is 1. The summed E-state index contributed by atoms with van der Waals surface area (Å²) in [6, 6.07) is 10.1. The monoisotopic (exact) mass is 271 g/mol. The summed E-state index contributed by atoms with van der Waals surface area (Å²) >= 11 is 0. The molecule has 0 unspecified atom stereocenters. The van der Waals surface area contributed by atoms with Gasteiger partial charge < -0.3 is 15.4 Å². The molecule has 4 heteroatoms. The molecular weight excluding hydrogens is 250 g/mol. The Labute approximate surface area is 120 Å². The first-order valence-electron chi connectivity index (χ1n) is 6.72. The largest absolute Gasteiger partial charge is 0.476 e. The van der Waals surface area contributed by atoms with Gasteiger partial charge in [0.05, 0.1) is 12.3 Å². The summed E-state index contributed by atoms with van der Waals surface area (Å²) < 4.78 is 5.45. The summed E-state index contributed by atoms with van der Waals surface area (Å²) in [5.74, 6) is 1.30. The van der Waals surface area contributed by atoms with Gasteiger partial charge in [0.2, 0.25) is 5.88 Å². The number of aryl methyl sites for hydroxylation is 2. The number of benzene rings is 1. The topological polar surface area (TPSA) is 51.4 Å². The SMILES string of the molecule is CCOc1nc(N(C)c2cc(C)cc(C)c2)ccc1N. The van der Waals surface area contributed by atoms with Crippen molar-refractivity contribution < 1.29 is 4.74 Å². The third-order valence-corrected chi connectivity index (χ3v) is 3.09. The van der Waals surface area contributed by atoms with Crippen LogP contribution in [0, 0.1) is 13.8 Å². The second-order valence-electron chi connectivity index (χ2n) is 4.90. The Balaban J connectivity index is 2.37. The Morgan fingerprint density at radius 3 is 2.40 bits per heavy atom. The minimum atomic E-state index is 0.487. The van der Waals surface area contributed by atoms with Crippen molar-refractivity contribution in [2.75, 3.05) is 24.3 Å². The molecule has 0 aliphatic heterocycles. The molecule has 0 saturated heterocycles. The Hall–Kier alpha value is -2.23. The molecule has 1 heterocycles. The Bertz CT molecular complexity index is 590. The van der Waals surface area contributed by atoms with Crippen LogP contribution >= 0.6 is 0 Å². The molecule has 0 fully saturated rings. The lowest BCUT2D eigenvalue weighted by Gasteiger charge is -2.20. The molecule has 0 aliphatic carbocycles. The predicted molar refractivity (Wildman–Crippen MR) is 83.8 cm³/mol. The molecule has 2 N–H and O–H groups in total. The second kappa shape index (κ2) is 5.82. The van der Waals surface area contributed by atoms with Gasteiger partial charge in [-0.05, 0) is 56.2 Å². The molecule has 1 aromatic carbocycles. The van der Waals surface area contributed by atoms with E-state index in [9.17, 15) is 0 Å². The summed E-state index contributed by atoms with van der Waals surface area (Å²) in [5.41, 5.74) is 9.97. The van der Waals surface area contributed by atoms with Crippen LogP contribution in [0.4, 0.5) is 17.2 Å². The number of rotatable bonds is 4. The van der Waals surface area contributed by atoms with Crippen LogP contribution in [0.1, 0.15) is 18.1 Å². The van der Waals surface area contributed by atoms with Gasteiger partial charge in [-0.2, -0.15) is 4.98 Å². The third-order valence-electron chi connectivity index (χ3n) is 3.09. The molecule has 0 spiro atoms. The molecule has 0 atom stereocenters. The second-order valence-corrected chi connectivity index (χ2v) is 4.90. The molecule has 2 rings (SSSR count). The maximum absolute atomic E-state index is 5.86. The van der Waals surface area contributed by atoms with E-state index in [1.165, 1.54) is 11.1 Å². The molecule has 106 valence electrons. The fraction of sp³-hybridized carbons (Fsp3) is 0.312. The molecule has 2 aromatic rings. The van der Waals surface area contributed by atoms with Gasteiger partial charge in [-0.3, -0.25) is 0 Å². The van der Waals surface area contributed by atoms with Crippen molar-refractivity contribution in [2.24, 2.45) is 0 Å². The van der Waals surface area contributed by atoms with Crippen LogP contribution in [-0.2, 0) is 0 Å². The number of nitrogens with two attached hydrogens (primary N) is 1. The van der Waals surface area contributed by atoms with Crippen LogP contribution < -0.4 is 15.4 Å². The van der Waals surface area contributed by atoms with Crippen LogP contribution in [0.15, 0.2) is 30.3 Å². The summed E-state index contributed by atoms with van der Waals surface area (Å²) in [6.45, 7) is 6.65. The first-order chi connectivity index (χ1) is 9.51. The van der Waals surface area contributed by atoms with Gasteiger partial charge in [0, 0.05) is 12.7 Å². The highest BCUT2D eigenvalue weighted by Gasteiger charge is 2.10. The van der Waals surface area contributed by atoms with Gasteiger partial charge in [-0.1, -0.05) is 6.07 Å². The first kappa shape index (κ1) is 14.2. The molecule has 20 heavy (non-hydrogen) atoms. The van der Waals surface area contributed by atoms with E-state index >= 15 is 0 Å². The van der Waals surface area contributed by atoms with Crippen molar-refractivity contribution in [3.05, 3.63) is 41.5 Å². The molecular formula is C16H21N3O. The zero-order valence-electron chi connectivity index (χ0n) is 12.5. The van der Waals surface area contributed by atoms with E-state index in [0.717, 1.165) is 11.5 Å². The number of aromatic nitrogens is 1. The van der Waals surface area contributed by atoms with Crippen molar-refractivity contribution in [1.29, 1.82) is 0 Å². The lowest BCUT2D eigenvalue weighted by atomic mass is 10.1. The normalized spacial score (nSPS) is 10.4. The van der Waals surface area contributed by atoms with Crippen LogP contribution in [0.2, 0.25) is 0 Å². The van der Waals surface area contributed by atoms with Crippen molar-refractivity contribution >= 4 is 17.2 Å². The average molecular weight is 271 g/mol. The number of hydrogen-bond acceptors (Lipinski definition) is 4.